The minimum absolute atomic E-state index is 0.0910. The highest BCUT2D eigenvalue weighted by Crippen LogP contribution is 2.07. The van der Waals surface area contributed by atoms with Crippen LogP contribution in [-0.2, 0) is 9.53 Å². The molecule has 0 aromatic rings. The molecule has 0 aliphatic heterocycles. The molecule has 0 fully saturated rings. The van der Waals surface area contributed by atoms with Gasteiger partial charge < -0.3 is 10.1 Å². The number of likely N-dealkylation sites (N-methyl/N-ethyl adjacent to an activating group) is 1. The number of hydrogen-bond donors (Lipinski definition) is 1. The molecule has 0 heterocycles. The molecular formula is C10H21NO2. The SMILES string of the molecule is CCCC(CC)OC(=O)[C@H](C)NC. The molecule has 0 aromatic heterocycles. The van der Waals surface area contributed by atoms with Gasteiger partial charge in [0.05, 0.1) is 0 Å². The third kappa shape index (κ3) is 4.88. The molecule has 0 aliphatic rings. The minimum atomic E-state index is -0.203. The number of carbonyl (C=O) groups is 1. The Labute approximate surface area is 80.8 Å². The van der Waals surface area contributed by atoms with Crippen LogP contribution in [0.3, 0.4) is 0 Å². The predicted octanol–water partition coefficient (Wildman–Crippen LogP) is 1.72. The highest BCUT2D eigenvalue weighted by atomic mass is 16.5. The van der Waals surface area contributed by atoms with Crippen LogP contribution in [0.15, 0.2) is 0 Å². The fraction of sp³-hybridized carbons (Fsp3) is 0.900. The Morgan fingerprint density at radius 1 is 1.46 bits per heavy atom. The van der Waals surface area contributed by atoms with Gasteiger partial charge in [0.15, 0.2) is 0 Å². The summed E-state index contributed by atoms with van der Waals surface area (Å²) < 4.78 is 5.29. The van der Waals surface area contributed by atoms with Crippen molar-refractivity contribution < 1.29 is 9.53 Å². The van der Waals surface area contributed by atoms with Crippen LogP contribution in [0.25, 0.3) is 0 Å². The summed E-state index contributed by atoms with van der Waals surface area (Å²) >= 11 is 0. The Balaban J connectivity index is 3.85. The number of rotatable bonds is 6. The van der Waals surface area contributed by atoms with Gasteiger partial charge in [0.1, 0.15) is 12.1 Å². The van der Waals surface area contributed by atoms with Gasteiger partial charge in [-0.3, -0.25) is 4.79 Å². The molecule has 0 spiro atoms. The first-order valence-corrected chi connectivity index (χ1v) is 5.03. The molecule has 1 N–H and O–H groups in total. The number of ether oxygens (including phenoxy) is 1. The van der Waals surface area contributed by atoms with Crippen LogP contribution < -0.4 is 5.32 Å². The molecule has 0 saturated heterocycles. The second-order valence-electron chi connectivity index (χ2n) is 3.27. The fourth-order valence-electron chi connectivity index (χ4n) is 1.05. The molecule has 0 aromatic carbocycles. The molecule has 2 atom stereocenters. The van der Waals surface area contributed by atoms with E-state index in [-0.39, 0.29) is 18.1 Å². The number of nitrogens with one attached hydrogen (secondary N) is 1. The van der Waals surface area contributed by atoms with Crippen LogP contribution in [0.5, 0.6) is 0 Å². The van der Waals surface area contributed by atoms with Crippen molar-refractivity contribution in [2.24, 2.45) is 0 Å². The van der Waals surface area contributed by atoms with Crippen molar-refractivity contribution in [3.05, 3.63) is 0 Å². The van der Waals surface area contributed by atoms with E-state index in [2.05, 4.69) is 12.2 Å². The van der Waals surface area contributed by atoms with Gasteiger partial charge in [0.25, 0.3) is 0 Å². The quantitative estimate of drug-likeness (QED) is 0.643. The number of esters is 1. The third-order valence-corrected chi connectivity index (χ3v) is 2.14. The molecule has 1 unspecified atom stereocenters. The molecule has 0 bridgehead atoms. The summed E-state index contributed by atoms with van der Waals surface area (Å²) in [6.07, 6.45) is 3.00. The molecule has 0 rings (SSSR count). The second-order valence-corrected chi connectivity index (χ2v) is 3.27. The largest absolute Gasteiger partial charge is 0.461 e. The van der Waals surface area contributed by atoms with Crippen molar-refractivity contribution in [1.82, 2.24) is 5.32 Å². The maximum Gasteiger partial charge on any atom is 0.323 e. The van der Waals surface area contributed by atoms with E-state index < -0.39 is 0 Å². The van der Waals surface area contributed by atoms with E-state index in [0.29, 0.717) is 0 Å². The third-order valence-electron chi connectivity index (χ3n) is 2.14. The molecule has 78 valence electrons. The number of hydrogen-bond acceptors (Lipinski definition) is 3. The van der Waals surface area contributed by atoms with Crippen LogP contribution in [-0.4, -0.2) is 25.2 Å². The molecule has 0 amide bonds. The zero-order valence-electron chi connectivity index (χ0n) is 9.09. The van der Waals surface area contributed by atoms with Crippen molar-refractivity contribution in [2.75, 3.05) is 7.05 Å². The van der Waals surface area contributed by atoms with Gasteiger partial charge >= 0.3 is 5.97 Å². The van der Waals surface area contributed by atoms with E-state index in [1.165, 1.54) is 0 Å². The zero-order chi connectivity index (χ0) is 10.3. The van der Waals surface area contributed by atoms with E-state index in [1.54, 1.807) is 14.0 Å². The lowest BCUT2D eigenvalue weighted by Crippen LogP contribution is -2.34. The summed E-state index contributed by atoms with van der Waals surface area (Å²) in [6.45, 7) is 5.94. The van der Waals surface area contributed by atoms with E-state index in [1.807, 2.05) is 6.92 Å². The summed E-state index contributed by atoms with van der Waals surface area (Å²) in [6, 6.07) is -0.203. The smallest absolute Gasteiger partial charge is 0.323 e. The van der Waals surface area contributed by atoms with Crippen LogP contribution >= 0.6 is 0 Å². The molecule has 3 heteroatoms. The lowest BCUT2D eigenvalue weighted by atomic mass is 10.1. The van der Waals surface area contributed by atoms with Crippen molar-refractivity contribution >= 4 is 5.97 Å². The maximum atomic E-state index is 11.3. The molecule has 0 saturated carbocycles. The molecular weight excluding hydrogens is 166 g/mol. The summed E-state index contributed by atoms with van der Waals surface area (Å²) in [5.41, 5.74) is 0. The normalized spacial score (nSPS) is 15.1. The van der Waals surface area contributed by atoms with Gasteiger partial charge in [0.2, 0.25) is 0 Å². The van der Waals surface area contributed by atoms with E-state index in [0.717, 1.165) is 19.3 Å². The molecule has 3 nitrogen and oxygen atoms in total. The van der Waals surface area contributed by atoms with Gasteiger partial charge in [-0.25, -0.2) is 0 Å². The lowest BCUT2D eigenvalue weighted by molar-refractivity contribution is -0.151. The monoisotopic (exact) mass is 187 g/mol. The van der Waals surface area contributed by atoms with Crippen molar-refractivity contribution in [1.29, 1.82) is 0 Å². The Morgan fingerprint density at radius 2 is 2.08 bits per heavy atom. The average Bonchev–Trinajstić information content (AvgIpc) is 2.15. The second kappa shape index (κ2) is 6.89. The van der Waals surface area contributed by atoms with Crippen LogP contribution in [0.4, 0.5) is 0 Å². The Hall–Kier alpha value is -0.570. The lowest BCUT2D eigenvalue weighted by Gasteiger charge is -2.17. The molecule has 0 radical (unpaired) electrons. The summed E-state index contributed by atoms with van der Waals surface area (Å²) in [4.78, 5) is 11.3. The Morgan fingerprint density at radius 3 is 2.46 bits per heavy atom. The zero-order valence-corrected chi connectivity index (χ0v) is 9.09. The summed E-state index contributed by atoms with van der Waals surface area (Å²) in [5.74, 6) is -0.150. The first-order valence-electron chi connectivity index (χ1n) is 5.03. The van der Waals surface area contributed by atoms with E-state index in [4.69, 9.17) is 4.74 Å². The van der Waals surface area contributed by atoms with Gasteiger partial charge in [-0.2, -0.15) is 0 Å². The van der Waals surface area contributed by atoms with Crippen LogP contribution in [0.2, 0.25) is 0 Å². The number of carbonyl (C=O) groups excluding carboxylic acids is 1. The summed E-state index contributed by atoms with van der Waals surface area (Å²) in [5, 5.41) is 2.86. The topological polar surface area (TPSA) is 38.3 Å². The Bertz CT molecular complexity index is 148. The molecule has 0 aliphatic carbocycles. The minimum Gasteiger partial charge on any atom is -0.461 e. The summed E-state index contributed by atoms with van der Waals surface area (Å²) in [7, 11) is 1.76. The average molecular weight is 187 g/mol. The Kier molecular flexibility index (Phi) is 6.59. The van der Waals surface area contributed by atoms with Crippen molar-refractivity contribution in [2.45, 2.75) is 52.2 Å². The van der Waals surface area contributed by atoms with Gasteiger partial charge in [-0.1, -0.05) is 20.3 Å². The van der Waals surface area contributed by atoms with Crippen molar-refractivity contribution in [3.8, 4) is 0 Å². The fourth-order valence-corrected chi connectivity index (χ4v) is 1.05. The van der Waals surface area contributed by atoms with Gasteiger partial charge in [-0.15, -0.1) is 0 Å². The highest BCUT2D eigenvalue weighted by molar-refractivity contribution is 5.75. The highest BCUT2D eigenvalue weighted by Gasteiger charge is 2.16. The standard InChI is InChI=1S/C10H21NO2/c1-5-7-9(6-2)13-10(12)8(3)11-4/h8-9,11H,5-7H2,1-4H3/t8-,9?/m0/s1. The van der Waals surface area contributed by atoms with Crippen molar-refractivity contribution in [3.63, 3.8) is 0 Å². The first-order chi connectivity index (χ1) is 6.15. The van der Waals surface area contributed by atoms with Crippen LogP contribution in [0, 0.1) is 0 Å². The van der Waals surface area contributed by atoms with E-state index in [9.17, 15) is 4.79 Å². The van der Waals surface area contributed by atoms with Gasteiger partial charge in [0, 0.05) is 0 Å². The predicted molar refractivity (Wildman–Crippen MR) is 53.6 cm³/mol. The van der Waals surface area contributed by atoms with E-state index >= 15 is 0 Å². The first kappa shape index (κ1) is 12.4. The van der Waals surface area contributed by atoms with Crippen LogP contribution in [0.1, 0.15) is 40.0 Å². The van der Waals surface area contributed by atoms with Gasteiger partial charge in [-0.05, 0) is 26.8 Å². The molecule has 13 heavy (non-hydrogen) atoms. The maximum absolute atomic E-state index is 11.3.